The van der Waals surface area contributed by atoms with Crippen LogP contribution in [0.25, 0.3) is 12.2 Å². The van der Waals surface area contributed by atoms with Crippen molar-refractivity contribution in [2.75, 3.05) is 0 Å². The van der Waals surface area contributed by atoms with Crippen LogP contribution in [0.4, 0.5) is 0 Å². The predicted octanol–water partition coefficient (Wildman–Crippen LogP) is 3.91. The second kappa shape index (κ2) is 4.76. The Hall–Kier alpha value is -1.60. The summed E-state index contributed by atoms with van der Waals surface area (Å²) in [6.45, 7) is 0. The van der Waals surface area contributed by atoms with E-state index in [2.05, 4.69) is 4.98 Å². The number of halogens is 1. The Morgan fingerprint density at radius 1 is 0.933 bits per heavy atom. The van der Waals surface area contributed by atoms with Crippen molar-refractivity contribution in [2.24, 2.45) is 0 Å². The lowest BCUT2D eigenvalue weighted by Gasteiger charge is -1.96. The molecule has 2 heteroatoms. The predicted molar refractivity (Wildman–Crippen MR) is 64.6 cm³/mol. The van der Waals surface area contributed by atoms with Crippen molar-refractivity contribution < 1.29 is 0 Å². The normalized spacial score (nSPS) is 10.7. The van der Waals surface area contributed by atoms with Crippen LogP contribution in [-0.2, 0) is 0 Å². The highest BCUT2D eigenvalue weighted by atomic mass is 35.5. The molecule has 0 aliphatic heterocycles. The number of hydrogen-bond donors (Lipinski definition) is 0. The van der Waals surface area contributed by atoms with Crippen LogP contribution in [0, 0.1) is 0 Å². The van der Waals surface area contributed by atoms with E-state index in [1.165, 1.54) is 0 Å². The molecule has 0 radical (unpaired) electrons. The summed E-state index contributed by atoms with van der Waals surface area (Å²) in [5.74, 6) is 0. The van der Waals surface area contributed by atoms with E-state index < -0.39 is 0 Å². The molecule has 0 fully saturated rings. The zero-order valence-electron chi connectivity index (χ0n) is 8.10. The monoisotopic (exact) mass is 215 g/mol. The molecule has 15 heavy (non-hydrogen) atoms. The van der Waals surface area contributed by atoms with E-state index in [9.17, 15) is 0 Å². The second-order valence-corrected chi connectivity index (χ2v) is 3.54. The molecule has 74 valence electrons. The average molecular weight is 216 g/mol. The van der Waals surface area contributed by atoms with Gasteiger partial charge in [0.05, 0.1) is 0 Å². The molecule has 0 aliphatic carbocycles. The maximum absolute atomic E-state index is 6.03. The van der Waals surface area contributed by atoms with Gasteiger partial charge >= 0.3 is 0 Å². The molecule has 0 unspecified atom stereocenters. The lowest BCUT2D eigenvalue weighted by atomic mass is 10.1. The number of rotatable bonds is 2. The number of pyridine rings is 1. The standard InChI is InChI=1S/C13H10ClN/c14-13-4-2-1-3-12(13)6-5-11-7-9-15-10-8-11/h1-10H/b6-5+. The molecule has 1 aromatic heterocycles. The first-order valence-electron chi connectivity index (χ1n) is 4.69. The van der Waals surface area contributed by atoms with Crippen molar-refractivity contribution in [2.45, 2.75) is 0 Å². The molecule has 1 heterocycles. The van der Waals surface area contributed by atoms with Gasteiger partial charge < -0.3 is 0 Å². The van der Waals surface area contributed by atoms with Gasteiger partial charge in [-0.1, -0.05) is 42.0 Å². The summed E-state index contributed by atoms with van der Waals surface area (Å²) in [5, 5.41) is 0.766. The smallest absolute Gasteiger partial charge is 0.0478 e. The van der Waals surface area contributed by atoms with Crippen molar-refractivity contribution >= 4 is 23.8 Å². The van der Waals surface area contributed by atoms with Crippen LogP contribution in [0.1, 0.15) is 11.1 Å². The van der Waals surface area contributed by atoms with E-state index in [4.69, 9.17) is 11.6 Å². The minimum Gasteiger partial charge on any atom is -0.265 e. The zero-order chi connectivity index (χ0) is 10.5. The molecule has 0 amide bonds. The van der Waals surface area contributed by atoms with E-state index in [0.29, 0.717) is 0 Å². The van der Waals surface area contributed by atoms with Crippen molar-refractivity contribution in [3.63, 3.8) is 0 Å². The van der Waals surface area contributed by atoms with Gasteiger partial charge in [-0.2, -0.15) is 0 Å². The van der Waals surface area contributed by atoms with Crippen molar-refractivity contribution in [1.29, 1.82) is 0 Å². The molecule has 0 saturated heterocycles. The average Bonchev–Trinajstić information content (AvgIpc) is 2.29. The third kappa shape index (κ3) is 2.67. The first kappa shape index (κ1) is 9.94. The first-order valence-corrected chi connectivity index (χ1v) is 5.07. The van der Waals surface area contributed by atoms with Gasteiger partial charge in [0.1, 0.15) is 0 Å². The molecule has 0 spiro atoms. The van der Waals surface area contributed by atoms with Crippen LogP contribution in [0.5, 0.6) is 0 Å². The maximum atomic E-state index is 6.03. The van der Waals surface area contributed by atoms with Gasteiger partial charge in [-0.25, -0.2) is 0 Å². The largest absolute Gasteiger partial charge is 0.265 e. The molecule has 2 rings (SSSR count). The van der Waals surface area contributed by atoms with Crippen LogP contribution >= 0.6 is 11.6 Å². The maximum Gasteiger partial charge on any atom is 0.0478 e. The molecule has 0 atom stereocenters. The number of hydrogen-bond acceptors (Lipinski definition) is 1. The highest BCUT2D eigenvalue weighted by Gasteiger charge is 1.92. The van der Waals surface area contributed by atoms with E-state index in [1.54, 1.807) is 12.4 Å². The summed E-state index contributed by atoms with van der Waals surface area (Å²) in [4.78, 5) is 3.96. The third-order valence-corrected chi connectivity index (χ3v) is 2.41. The van der Waals surface area contributed by atoms with E-state index in [-0.39, 0.29) is 0 Å². The second-order valence-electron chi connectivity index (χ2n) is 3.14. The quantitative estimate of drug-likeness (QED) is 0.740. The third-order valence-electron chi connectivity index (χ3n) is 2.07. The van der Waals surface area contributed by atoms with Gasteiger partial charge in [0.25, 0.3) is 0 Å². The Morgan fingerprint density at radius 3 is 2.40 bits per heavy atom. The summed E-state index contributed by atoms with van der Waals surface area (Å²) >= 11 is 6.03. The first-order chi connectivity index (χ1) is 7.36. The van der Waals surface area contributed by atoms with Gasteiger partial charge in [-0.3, -0.25) is 4.98 Å². The lowest BCUT2D eigenvalue weighted by Crippen LogP contribution is -1.75. The van der Waals surface area contributed by atoms with Gasteiger partial charge in [-0.15, -0.1) is 0 Å². The zero-order valence-corrected chi connectivity index (χ0v) is 8.85. The van der Waals surface area contributed by atoms with Crippen LogP contribution in [0.3, 0.4) is 0 Å². The Labute approximate surface area is 94.1 Å². The minimum absolute atomic E-state index is 0.766. The molecular weight excluding hydrogens is 206 g/mol. The fourth-order valence-electron chi connectivity index (χ4n) is 1.27. The summed E-state index contributed by atoms with van der Waals surface area (Å²) in [6.07, 6.45) is 7.55. The Bertz CT molecular complexity index is 463. The number of nitrogens with zero attached hydrogens (tertiary/aromatic N) is 1. The Morgan fingerprint density at radius 2 is 1.67 bits per heavy atom. The van der Waals surface area contributed by atoms with E-state index in [1.807, 2.05) is 48.6 Å². The number of benzene rings is 1. The SMILES string of the molecule is Clc1ccccc1/C=C/c1ccncc1. The van der Waals surface area contributed by atoms with Gasteiger partial charge in [-0.05, 0) is 29.3 Å². The molecule has 0 saturated carbocycles. The summed E-state index contributed by atoms with van der Waals surface area (Å²) in [7, 11) is 0. The van der Waals surface area contributed by atoms with Gasteiger partial charge in [0.15, 0.2) is 0 Å². The summed E-state index contributed by atoms with van der Waals surface area (Å²) < 4.78 is 0. The van der Waals surface area contributed by atoms with Crippen molar-refractivity contribution in [1.82, 2.24) is 4.98 Å². The van der Waals surface area contributed by atoms with E-state index >= 15 is 0 Å². The fourth-order valence-corrected chi connectivity index (χ4v) is 1.47. The van der Waals surface area contributed by atoms with Crippen molar-refractivity contribution in [3.8, 4) is 0 Å². The molecule has 0 N–H and O–H groups in total. The summed E-state index contributed by atoms with van der Waals surface area (Å²) in [5.41, 5.74) is 2.14. The van der Waals surface area contributed by atoms with Crippen LogP contribution in [-0.4, -0.2) is 4.98 Å². The highest BCUT2D eigenvalue weighted by molar-refractivity contribution is 6.32. The lowest BCUT2D eigenvalue weighted by molar-refractivity contribution is 1.32. The molecule has 0 aliphatic rings. The highest BCUT2D eigenvalue weighted by Crippen LogP contribution is 2.17. The Kier molecular flexibility index (Phi) is 3.15. The summed E-state index contributed by atoms with van der Waals surface area (Å²) in [6, 6.07) is 11.7. The van der Waals surface area contributed by atoms with Gasteiger partial charge in [0, 0.05) is 17.4 Å². The fraction of sp³-hybridized carbons (Fsp3) is 0. The molecule has 1 nitrogen and oxygen atoms in total. The molecule has 0 bridgehead atoms. The molecule has 1 aromatic carbocycles. The Balaban J connectivity index is 2.23. The van der Waals surface area contributed by atoms with Gasteiger partial charge in [0.2, 0.25) is 0 Å². The minimum atomic E-state index is 0.766. The topological polar surface area (TPSA) is 12.9 Å². The van der Waals surface area contributed by atoms with Crippen LogP contribution < -0.4 is 0 Å². The van der Waals surface area contributed by atoms with Crippen LogP contribution in [0.15, 0.2) is 48.8 Å². The molecule has 2 aromatic rings. The van der Waals surface area contributed by atoms with Crippen LogP contribution in [0.2, 0.25) is 5.02 Å². The number of aromatic nitrogens is 1. The van der Waals surface area contributed by atoms with E-state index in [0.717, 1.165) is 16.1 Å². The van der Waals surface area contributed by atoms with Crippen molar-refractivity contribution in [3.05, 3.63) is 64.9 Å². The molecular formula is C13H10ClN.